The maximum Gasteiger partial charge on any atom is 0.232 e. The smallest absolute Gasteiger partial charge is 0.232 e. The third kappa shape index (κ3) is 4.22. The second-order valence-corrected chi connectivity index (χ2v) is 5.78. The third-order valence-corrected chi connectivity index (χ3v) is 4.11. The molecule has 0 spiro atoms. The van der Waals surface area contributed by atoms with Gasteiger partial charge in [0.2, 0.25) is 11.8 Å². The van der Waals surface area contributed by atoms with Crippen LogP contribution in [-0.4, -0.2) is 44.6 Å². The van der Waals surface area contributed by atoms with Crippen molar-refractivity contribution in [1.82, 2.24) is 4.90 Å². The molecule has 0 aromatic heterocycles. The highest BCUT2D eigenvalue weighted by Gasteiger charge is 2.44. The number of hydrogen-bond acceptors (Lipinski definition) is 3. The fraction of sp³-hybridized carbons (Fsp3) is 0.786. The standard InChI is InChI=1S/C14H21B2NO3/c1-3-14(2,16)10-9-12(19)17(13(10)20)8-6-4-5-7-11(15)18/h10H,3-9H2,1-2H3/t10?,14-/m1/s1. The van der Waals surface area contributed by atoms with E-state index in [0.29, 0.717) is 32.2 Å². The maximum absolute atomic E-state index is 12.2. The van der Waals surface area contributed by atoms with Crippen molar-refractivity contribution >= 4 is 33.2 Å². The number of imide groups is 1. The molecule has 1 saturated heterocycles. The highest BCUT2D eigenvalue weighted by Crippen LogP contribution is 2.42. The van der Waals surface area contributed by atoms with Gasteiger partial charge in [-0.05, 0) is 19.3 Å². The minimum Gasteiger partial charge on any atom is -0.313 e. The van der Waals surface area contributed by atoms with Crippen LogP contribution in [0, 0.1) is 5.92 Å². The van der Waals surface area contributed by atoms with Crippen LogP contribution in [0.5, 0.6) is 0 Å². The number of unbranched alkanes of at least 4 members (excludes halogenated alkanes) is 2. The minimum absolute atomic E-state index is 0.139. The number of carbonyl (C=O) groups excluding carboxylic acids is 3. The topological polar surface area (TPSA) is 54.5 Å². The van der Waals surface area contributed by atoms with Crippen LogP contribution >= 0.6 is 0 Å². The van der Waals surface area contributed by atoms with Crippen LogP contribution in [0.25, 0.3) is 0 Å². The Morgan fingerprint density at radius 2 is 2.00 bits per heavy atom. The molecule has 0 aliphatic carbocycles. The van der Waals surface area contributed by atoms with Crippen molar-refractivity contribution in [3.8, 4) is 0 Å². The Labute approximate surface area is 123 Å². The zero-order chi connectivity index (χ0) is 15.3. The van der Waals surface area contributed by atoms with Crippen LogP contribution in [0.1, 0.15) is 52.4 Å². The molecule has 6 heteroatoms. The van der Waals surface area contributed by atoms with Crippen molar-refractivity contribution in [2.45, 2.75) is 57.7 Å². The number of rotatable bonds is 8. The molecular formula is C14H21B2NO3. The van der Waals surface area contributed by atoms with Crippen molar-refractivity contribution in [2.75, 3.05) is 6.54 Å². The molecule has 1 unspecified atom stereocenters. The van der Waals surface area contributed by atoms with E-state index in [1.165, 1.54) is 4.90 Å². The summed E-state index contributed by atoms with van der Waals surface area (Å²) < 4.78 is 0. The maximum atomic E-state index is 12.2. The minimum atomic E-state index is -0.631. The van der Waals surface area contributed by atoms with E-state index in [-0.39, 0.29) is 23.9 Å². The molecule has 0 saturated carbocycles. The number of hydrogen-bond donors (Lipinski definition) is 0. The Balaban J connectivity index is 2.45. The van der Waals surface area contributed by atoms with Crippen molar-refractivity contribution < 1.29 is 14.4 Å². The van der Waals surface area contributed by atoms with Crippen LogP contribution in [0.3, 0.4) is 0 Å². The normalized spacial score (nSPS) is 22.1. The fourth-order valence-corrected chi connectivity index (χ4v) is 2.43. The SMILES string of the molecule is [B]C(=O)CCCCCN1C(=O)CC([C@@]([B])(C)CC)C1=O. The first-order valence-corrected chi connectivity index (χ1v) is 7.21. The van der Waals surface area contributed by atoms with Crippen molar-refractivity contribution in [3.05, 3.63) is 0 Å². The third-order valence-electron chi connectivity index (χ3n) is 4.11. The highest BCUT2D eigenvalue weighted by molar-refractivity contribution is 6.57. The number of amides is 2. The lowest BCUT2D eigenvalue weighted by atomic mass is 9.60. The van der Waals surface area contributed by atoms with Crippen LogP contribution in [-0.2, 0) is 14.4 Å². The van der Waals surface area contributed by atoms with E-state index in [2.05, 4.69) is 0 Å². The van der Waals surface area contributed by atoms with Gasteiger partial charge < -0.3 is 4.79 Å². The van der Waals surface area contributed by atoms with Gasteiger partial charge in [0.15, 0.2) is 7.85 Å². The van der Waals surface area contributed by atoms with Gasteiger partial charge in [0.1, 0.15) is 0 Å². The summed E-state index contributed by atoms with van der Waals surface area (Å²) in [5.41, 5.74) is -0.319. The molecule has 0 bridgehead atoms. The molecule has 2 atom stereocenters. The molecule has 1 fully saturated rings. The number of carbonyl (C=O) groups is 3. The summed E-state index contributed by atoms with van der Waals surface area (Å²) in [5.74, 6) is -0.706. The summed E-state index contributed by atoms with van der Waals surface area (Å²) in [6.45, 7) is 4.15. The van der Waals surface area contributed by atoms with Gasteiger partial charge in [0.25, 0.3) is 0 Å². The molecule has 20 heavy (non-hydrogen) atoms. The van der Waals surface area contributed by atoms with Gasteiger partial charge in [-0.15, -0.1) is 0 Å². The zero-order valence-corrected chi connectivity index (χ0v) is 12.4. The lowest BCUT2D eigenvalue weighted by Crippen LogP contribution is -2.34. The van der Waals surface area contributed by atoms with Crippen molar-refractivity contribution in [3.63, 3.8) is 0 Å². The van der Waals surface area contributed by atoms with Crippen molar-refractivity contribution in [2.24, 2.45) is 5.92 Å². The second-order valence-electron chi connectivity index (χ2n) is 5.78. The van der Waals surface area contributed by atoms with E-state index < -0.39 is 11.2 Å². The van der Waals surface area contributed by atoms with Crippen molar-refractivity contribution in [1.29, 1.82) is 0 Å². The van der Waals surface area contributed by atoms with E-state index in [9.17, 15) is 14.4 Å². The summed E-state index contributed by atoms with van der Waals surface area (Å²) in [6.07, 6.45) is 3.38. The second kappa shape index (κ2) is 7.09. The van der Waals surface area contributed by atoms with Gasteiger partial charge in [-0.25, -0.2) is 0 Å². The van der Waals surface area contributed by atoms with E-state index in [1.54, 1.807) is 0 Å². The first-order valence-electron chi connectivity index (χ1n) is 7.21. The van der Waals surface area contributed by atoms with E-state index in [4.69, 9.17) is 15.7 Å². The van der Waals surface area contributed by atoms with Crippen LogP contribution in [0.4, 0.5) is 0 Å². The molecule has 106 valence electrons. The average molecular weight is 273 g/mol. The summed E-state index contributed by atoms with van der Waals surface area (Å²) in [7, 11) is 11.1. The molecule has 4 radical (unpaired) electrons. The first-order chi connectivity index (χ1) is 9.29. The lowest BCUT2D eigenvalue weighted by Gasteiger charge is -2.28. The molecule has 4 nitrogen and oxygen atoms in total. The molecule has 0 aromatic rings. The van der Waals surface area contributed by atoms with Gasteiger partial charge in [0, 0.05) is 18.9 Å². The van der Waals surface area contributed by atoms with Gasteiger partial charge in [-0.3, -0.25) is 14.5 Å². The van der Waals surface area contributed by atoms with Gasteiger partial charge >= 0.3 is 0 Å². The average Bonchev–Trinajstić information content (AvgIpc) is 2.66. The van der Waals surface area contributed by atoms with Gasteiger partial charge in [0.05, 0.1) is 13.5 Å². The Hall–Kier alpha value is -1.06. The Kier molecular flexibility index (Phi) is 6.03. The van der Waals surface area contributed by atoms with Crippen LogP contribution < -0.4 is 0 Å². The zero-order valence-electron chi connectivity index (χ0n) is 12.4. The summed E-state index contributed by atoms with van der Waals surface area (Å²) in [4.78, 5) is 36.1. The number of nitrogens with zero attached hydrogens (tertiary/aromatic N) is 1. The van der Waals surface area contributed by atoms with Crippen LogP contribution in [0.2, 0.25) is 5.31 Å². The quantitative estimate of drug-likeness (QED) is 0.381. The molecule has 1 aliphatic heterocycles. The monoisotopic (exact) mass is 273 g/mol. The predicted molar refractivity (Wildman–Crippen MR) is 78.5 cm³/mol. The molecule has 1 aliphatic rings. The number of likely N-dealkylation sites (tertiary alicyclic amines) is 1. The molecule has 1 rings (SSSR count). The van der Waals surface area contributed by atoms with Gasteiger partial charge in [-0.1, -0.05) is 32.0 Å². The fourth-order valence-electron chi connectivity index (χ4n) is 2.43. The molecule has 1 heterocycles. The highest BCUT2D eigenvalue weighted by atomic mass is 16.2. The summed E-state index contributed by atoms with van der Waals surface area (Å²) in [6, 6.07) is 0. The molecule has 2 amide bonds. The largest absolute Gasteiger partial charge is 0.313 e. The van der Waals surface area contributed by atoms with Crippen LogP contribution in [0.15, 0.2) is 0 Å². The van der Waals surface area contributed by atoms with E-state index in [1.807, 2.05) is 13.8 Å². The molecule has 0 aromatic carbocycles. The Morgan fingerprint density at radius 3 is 2.55 bits per heavy atom. The summed E-state index contributed by atoms with van der Waals surface area (Å²) >= 11 is 0. The predicted octanol–water partition coefficient (Wildman–Crippen LogP) is 1.37. The molecular weight excluding hydrogens is 252 g/mol. The lowest BCUT2D eigenvalue weighted by molar-refractivity contribution is -0.139. The van der Waals surface area contributed by atoms with E-state index in [0.717, 1.165) is 6.42 Å². The van der Waals surface area contributed by atoms with E-state index >= 15 is 0 Å². The summed E-state index contributed by atoms with van der Waals surface area (Å²) in [5, 5.41) is -0.631. The molecule has 0 N–H and O–H groups in total. The Bertz CT molecular complexity index is 396. The van der Waals surface area contributed by atoms with Gasteiger partial charge in [-0.2, -0.15) is 0 Å². The first kappa shape index (κ1) is 17.0. The Morgan fingerprint density at radius 1 is 1.35 bits per heavy atom.